The monoisotopic (exact) mass is 308 g/mol. The van der Waals surface area contributed by atoms with Crippen molar-refractivity contribution in [2.24, 2.45) is 0 Å². The van der Waals surface area contributed by atoms with Crippen LogP contribution in [0.15, 0.2) is 16.3 Å². The molecular weight excluding hydrogens is 288 g/mol. The number of nitrogens with one attached hydrogen (secondary N) is 2. The average molecular weight is 308 g/mol. The van der Waals surface area contributed by atoms with Gasteiger partial charge in [0.2, 0.25) is 10.0 Å². The smallest absolute Gasteiger partial charge is 0.241 e. The number of rotatable bonds is 9. The maximum atomic E-state index is 12.1. The molecule has 1 rings (SSSR count). The van der Waals surface area contributed by atoms with Crippen LogP contribution in [0.3, 0.4) is 0 Å². The van der Waals surface area contributed by atoms with E-state index in [2.05, 4.69) is 10.0 Å². The van der Waals surface area contributed by atoms with Gasteiger partial charge in [-0.2, -0.15) is 0 Å². The van der Waals surface area contributed by atoms with E-state index in [0.29, 0.717) is 13.2 Å². The molecule has 0 aromatic carbocycles. The highest BCUT2D eigenvalue weighted by molar-refractivity contribution is 7.89. The SMILES string of the molecule is CNCc1cc(S(=O)(=O)NCC(COC)OC)cs1. The minimum absolute atomic E-state index is 0.184. The summed E-state index contributed by atoms with van der Waals surface area (Å²) in [5.41, 5.74) is 0. The van der Waals surface area contributed by atoms with E-state index in [9.17, 15) is 8.42 Å². The normalized spacial score (nSPS) is 13.6. The summed E-state index contributed by atoms with van der Waals surface area (Å²) in [4.78, 5) is 1.26. The summed E-state index contributed by atoms with van der Waals surface area (Å²) in [6.07, 6.45) is -0.296. The molecule has 8 heteroatoms. The Morgan fingerprint density at radius 2 is 2.16 bits per heavy atom. The molecule has 0 radical (unpaired) electrons. The van der Waals surface area contributed by atoms with Crippen LogP contribution in [0.1, 0.15) is 4.88 Å². The molecule has 0 fully saturated rings. The van der Waals surface area contributed by atoms with Crippen molar-refractivity contribution in [1.29, 1.82) is 0 Å². The second kappa shape index (κ2) is 7.93. The van der Waals surface area contributed by atoms with Crippen molar-refractivity contribution < 1.29 is 17.9 Å². The molecular formula is C11H20N2O4S2. The van der Waals surface area contributed by atoms with Crippen LogP contribution in [0.5, 0.6) is 0 Å². The molecule has 0 aliphatic carbocycles. The second-order valence-corrected chi connectivity index (χ2v) is 6.71. The lowest BCUT2D eigenvalue weighted by Gasteiger charge is -2.14. The van der Waals surface area contributed by atoms with Gasteiger partial charge in [0, 0.05) is 37.6 Å². The van der Waals surface area contributed by atoms with Crippen molar-refractivity contribution in [1.82, 2.24) is 10.0 Å². The molecule has 19 heavy (non-hydrogen) atoms. The Morgan fingerprint density at radius 3 is 2.74 bits per heavy atom. The zero-order chi connectivity index (χ0) is 14.3. The van der Waals surface area contributed by atoms with E-state index in [-0.39, 0.29) is 17.5 Å². The molecule has 0 saturated carbocycles. The van der Waals surface area contributed by atoms with Crippen LogP contribution in [0.4, 0.5) is 0 Å². The quantitative estimate of drug-likeness (QED) is 0.691. The summed E-state index contributed by atoms with van der Waals surface area (Å²) >= 11 is 1.41. The van der Waals surface area contributed by atoms with Gasteiger partial charge in [0.25, 0.3) is 0 Å². The van der Waals surface area contributed by atoms with Crippen molar-refractivity contribution in [3.8, 4) is 0 Å². The summed E-state index contributed by atoms with van der Waals surface area (Å²) in [5.74, 6) is 0. The van der Waals surface area contributed by atoms with E-state index in [1.54, 1.807) is 18.6 Å². The number of thiophene rings is 1. The van der Waals surface area contributed by atoms with E-state index in [1.807, 2.05) is 7.05 Å². The van der Waals surface area contributed by atoms with Crippen molar-refractivity contribution in [3.63, 3.8) is 0 Å². The Labute approximate surface area is 118 Å². The van der Waals surface area contributed by atoms with Gasteiger partial charge in [-0.1, -0.05) is 0 Å². The predicted octanol–water partition coefficient (Wildman–Crippen LogP) is 0.407. The molecule has 1 aromatic rings. The topological polar surface area (TPSA) is 76.7 Å². The third kappa shape index (κ3) is 5.17. The van der Waals surface area contributed by atoms with E-state index < -0.39 is 10.0 Å². The maximum Gasteiger partial charge on any atom is 0.241 e. The van der Waals surface area contributed by atoms with Crippen LogP contribution in [0.2, 0.25) is 0 Å². The van der Waals surface area contributed by atoms with Gasteiger partial charge in [0.05, 0.1) is 17.6 Å². The summed E-state index contributed by atoms with van der Waals surface area (Å²) in [6, 6.07) is 1.67. The molecule has 0 bridgehead atoms. The Morgan fingerprint density at radius 1 is 1.42 bits per heavy atom. The van der Waals surface area contributed by atoms with Crippen LogP contribution >= 0.6 is 11.3 Å². The Kier molecular flexibility index (Phi) is 6.90. The van der Waals surface area contributed by atoms with Gasteiger partial charge in [0.1, 0.15) is 0 Å². The lowest BCUT2D eigenvalue weighted by Crippen LogP contribution is -2.35. The standard InChI is InChI=1S/C11H20N2O4S2/c1-12-6-10-4-11(8-18-10)19(14,15)13-5-9(17-3)7-16-2/h4,8-9,12-13H,5-7H2,1-3H3. The van der Waals surface area contributed by atoms with E-state index in [0.717, 1.165) is 4.88 Å². The molecule has 0 amide bonds. The van der Waals surface area contributed by atoms with Crippen LogP contribution in [-0.4, -0.2) is 48.9 Å². The summed E-state index contributed by atoms with van der Waals surface area (Å²) in [7, 11) is 1.40. The first-order chi connectivity index (χ1) is 9.03. The second-order valence-electron chi connectivity index (χ2n) is 3.94. The van der Waals surface area contributed by atoms with Gasteiger partial charge in [-0.05, 0) is 13.1 Å². The van der Waals surface area contributed by atoms with Crippen LogP contribution in [0.25, 0.3) is 0 Å². The number of hydrogen-bond acceptors (Lipinski definition) is 6. The van der Waals surface area contributed by atoms with E-state index in [4.69, 9.17) is 9.47 Å². The maximum absolute atomic E-state index is 12.1. The molecule has 1 unspecified atom stereocenters. The van der Waals surface area contributed by atoms with Crippen LogP contribution < -0.4 is 10.0 Å². The predicted molar refractivity (Wildman–Crippen MR) is 74.9 cm³/mol. The average Bonchev–Trinajstić information content (AvgIpc) is 2.84. The molecule has 1 heterocycles. The van der Waals surface area contributed by atoms with Gasteiger partial charge >= 0.3 is 0 Å². The zero-order valence-electron chi connectivity index (χ0n) is 11.3. The third-order valence-electron chi connectivity index (χ3n) is 2.48. The molecule has 0 aliphatic rings. The Hall–Kier alpha value is -0.510. The van der Waals surface area contributed by atoms with Crippen molar-refractivity contribution in [2.75, 3.05) is 34.4 Å². The molecule has 110 valence electrons. The fraction of sp³-hybridized carbons (Fsp3) is 0.636. The highest BCUT2D eigenvalue weighted by Crippen LogP contribution is 2.18. The fourth-order valence-electron chi connectivity index (χ4n) is 1.45. The van der Waals surface area contributed by atoms with Gasteiger partial charge < -0.3 is 14.8 Å². The summed E-state index contributed by atoms with van der Waals surface area (Å²) in [6.45, 7) is 1.18. The van der Waals surface area contributed by atoms with E-state index >= 15 is 0 Å². The minimum atomic E-state index is -3.48. The Bertz CT molecular complexity index is 473. The van der Waals surface area contributed by atoms with Gasteiger partial charge in [-0.15, -0.1) is 11.3 Å². The third-order valence-corrected chi connectivity index (χ3v) is 4.97. The number of methoxy groups -OCH3 is 2. The number of ether oxygens (including phenoxy) is 2. The lowest BCUT2D eigenvalue weighted by molar-refractivity contribution is 0.0320. The first-order valence-corrected chi connectivity index (χ1v) is 8.13. The van der Waals surface area contributed by atoms with Crippen molar-refractivity contribution >= 4 is 21.4 Å². The Balaban J connectivity index is 2.64. The molecule has 0 spiro atoms. The summed E-state index contributed by atoms with van der Waals surface area (Å²) in [5, 5.41) is 4.62. The van der Waals surface area contributed by atoms with Crippen LogP contribution in [-0.2, 0) is 26.0 Å². The molecule has 0 aliphatic heterocycles. The highest BCUT2D eigenvalue weighted by atomic mass is 32.2. The molecule has 2 N–H and O–H groups in total. The first-order valence-electron chi connectivity index (χ1n) is 5.77. The fourth-order valence-corrected chi connectivity index (χ4v) is 3.80. The first kappa shape index (κ1) is 16.5. The largest absolute Gasteiger partial charge is 0.382 e. The van der Waals surface area contributed by atoms with Gasteiger partial charge in [0.15, 0.2) is 0 Å². The zero-order valence-corrected chi connectivity index (χ0v) is 12.9. The van der Waals surface area contributed by atoms with Crippen LogP contribution in [0, 0.1) is 0 Å². The summed E-state index contributed by atoms with van der Waals surface area (Å²) < 4.78 is 36.7. The van der Waals surface area contributed by atoms with E-state index in [1.165, 1.54) is 18.4 Å². The van der Waals surface area contributed by atoms with Gasteiger partial charge in [-0.3, -0.25) is 0 Å². The molecule has 6 nitrogen and oxygen atoms in total. The number of sulfonamides is 1. The van der Waals surface area contributed by atoms with Crippen molar-refractivity contribution in [3.05, 3.63) is 16.3 Å². The number of hydrogen-bond donors (Lipinski definition) is 2. The molecule has 1 aromatic heterocycles. The highest BCUT2D eigenvalue weighted by Gasteiger charge is 2.18. The van der Waals surface area contributed by atoms with Crippen molar-refractivity contribution in [2.45, 2.75) is 17.5 Å². The molecule has 1 atom stereocenters. The lowest BCUT2D eigenvalue weighted by atomic mass is 10.4. The molecule has 0 saturated heterocycles. The van der Waals surface area contributed by atoms with Gasteiger partial charge in [-0.25, -0.2) is 13.1 Å². The minimum Gasteiger partial charge on any atom is -0.382 e.